The van der Waals surface area contributed by atoms with Gasteiger partial charge in [-0.15, -0.1) is 0 Å². The third-order valence-corrected chi connectivity index (χ3v) is 6.83. The fourth-order valence-electron chi connectivity index (χ4n) is 4.79. The second-order valence-corrected chi connectivity index (χ2v) is 9.25. The average Bonchev–Trinajstić information content (AvgIpc) is 2.81. The zero-order valence-electron chi connectivity index (χ0n) is 18.5. The van der Waals surface area contributed by atoms with Crippen molar-refractivity contribution in [3.05, 3.63) is 101 Å². The average molecular weight is 479 g/mol. The van der Waals surface area contributed by atoms with E-state index < -0.39 is 11.4 Å². The molecule has 3 aromatic carbocycles. The van der Waals surface area contributed by atoms with E-state index in [1.165, 1.54) is 17.0 Å². The van der Waals surface area contributed by atoms with E-state index in [0.717, 1.165) is 17.2 Å². The van der Waals surface area contributed by atoms with E-state index in [2.05, 4.69) is 0 Å². The summed E-state index contributed by atoms with van der Waals surface area (Å²) in [5.74, 6) is -1.14. The summed E-state index contributed by atoms with van der Waals surface area (Å²) in [6.07, 6.45) is 0.552. The third-order valence-electron chi connectivity index (χ3n) is 6.60. The summed E-state index contributed by atoms with van der Waals surface area (Å²) >= 11 is 5.90. The summed E-state index contributed by atoms with van der Waals surface area (Å²) in [4.78, 5) is 30.1. The largest absolute Gasteiger partial charge is 0.373 e. The van der Waals surface area contributed by atoms with E-state index in [4.69, 9.17) is 16.3 Å². The lowest BCUT2D eigenvalue weighted by Gasteiger charge is -2.56. The number of halogens is 2. The summed E-state index contributed by atoms with van der Waals surface area (Å²) < 4.78 is 20.8. The molecule has 5 rings (SSSR count). The molecule has 1 saturated heterocycles. The molecule has 3 aromatic rings. The standard InChI is InChI=1S/C27H24ClFN2O3/c28-21-11-12-24(23(29)13-21)30-17-25(32)31(16-19-7-3-1-4-8-19)27(26(30)33)14-22(15-27)34-18-20-9-5-2-6-10-20/h1-13,22H,14-18H2. The molecule has 1 aliphatic carbocycles. The lowest BCUT2D eigenvalue weighted by atomic mass is 9.70. The molecule has 1 aliphatic heterocycles. The van der Waals surface area contributed by atoms with Gasteiger partial charge in [-0.3, -0.25) is 14.5 Å². The summed E-state index contributed by atoms with van der Waals surface area (Å²) in [6.45, 7) is 0.521. The monoisotopic (exact) mass is 478 g/mol. The fraction of sp³-hybridized carbons (Fsp3) is 0.259. The molecule has 0 aromatic heterocycles. The molecular weight excluding hydrogens is 455 g/mol. The van der Waals surface area contributed by atoms with E-state index in [1.54, 1.807) is 4.90 Å². The number of ether oxygens (including phenoxy) is 1. The van der Waals surface area contributed by atoms with Crippen molar-refractivity contribution in [3.63, 3.8) is 0 Å². The molecular formula is C27H24ClFN2O3. The van der Waals surface area contributed by atoms with Crippen LogP contribution >= 0.6 is 11.6 Å². The topological polar surface area (TPSA) is 49.9 Å². The van der Waals surface area contributed by atoms with Crippen LogP contribution in [-0.2, 0) is 27.5 Å². The van der Waals surface area contributed by atoms with E-state index in [0.29, 0.717) is 26.0 Å². The second kappa shape index (κ2) is 9.20. The minimum absolute atomic E-state index is 0.0649. The van der Waals surface area contributed by atoms with Gasteiger partial charge >= 0.3 is 0 Å². The first kappa shape index (κ1) is 22.6. The van der Waals surface area contributed by atoms with Gasteiger partial charge in [0.2, 0.25) is 5.91 Å². The zero-order chi connectivity index (χ0) is 23.7. The number of carbonyl (C=O) groups is 2. The Labute approximate surface area is 202 Å². The summed E-state index contributed by atoms with van der Waals surface area (Å²) in [7, 11) is 0. The lowest BCUT2D eigenvalue weighted by molar-refractivity contribution is -0.172. The van der Waals surface area contributed by atoms with Gasteiger partial charge in [0.1, 0.15) is 17.9 Å². The van der Waals surface area contributed by atoms with E-state index in [9.17, 15) is 14.0 Å². The van der Waals surface area contributed by atoms with Gasteiger partial charge in [0.25, 0.3) is 5.91 Å². The van der Waals surface area contributed by atoms with Crippen LogP contribution in [0, 0.1) is 5.82 Å². The molecule has 0 unspecified atom stereocenters. The van der Waals surface area contributed by atoms with Crippen molar-refractivity contribution in [2.45, 2.75) is 37.6 Å². The molecule has 2 aliphatic rings. The molecule has 0 atom stereocenters. The van der Waals surface area contributed by atoms with E-state index in [-0.39, 0.29) is 35.2 Å². The Hall–Kier alpha value is -3.22. The summed E-state index contributed by atoms with van der Waals surface area (Å²) in [5, 5.41) is 0.232. The number of nitrogens with zero attached hydrogens (tertiary/aromatic N) is 2. The van der Waals surface area contributed by atoms with Crippen molar-refractivity contribution in [1.82, 2.24) is 4.90 Å². The number of hydrogen-bond acceptors (Lipinski definition) is 3. The lowest BCUT2D eigenvalue weighted by Crippen LogP contribution is -2.74. The summed E-state index contributed by atoms with van der Waals surface area (Å²) in [5.41, 5.74) is 0.969. The Kier molecular flexibility index (Phi) is 6.11. The molecule has 1 heterocycles. The van der Waals surface area contributed by atoms with Crippen LogP contribution in [0.3, 0.4) is 0 Å². The SMILES string of the molecule is O=C1CN(c2ccc(Cl)cc2F)C(=O)C2(CC(OCc3ccccc3)C2)N1Cc1ccccc1. The quantitative estimate of drug-likeness (QED) is 0.502. The van der Waals surface area contributed by atoms with Crippen LogP contribution in [0.4, 0.5) is 10.1 Å². The molecule has 0 bridgehead atoms. The Morgan fingerprint density at radius 2 is 1.59 bits per heavy atom. The number of amides is 2. The Morgan fingerprint density at radius 1 is 0.941 bits per heavy atom. The molecule has 2 fully saturated rings. The predicted octanol–water partition coefficient (Wildman–Crippen LogP) is 4.97. The smallest absolute Gasteiger partial charge is 0.253 e. The van der Waals surface area contributed by atoms with Crippen molar-refractivity contribution in [2.75, 3.05) is 11.4 Å². The number of carbonyl (C=O) groups excluding carboxylic acids is 2. The molecule has 1 spiro atoms. The first-order chi connectivity index (χ1) is 16.5. The number of anilines is 1. The van der Waals surface area contributed by atoms with Gasteiger partial charge in [-0.2, -0.15) is 0 Å². The minimum atomic E-state index is -1.07. The van der Waals surface area contributed by atoms with Crippen molar-refractivity contribution in [3.8, 4) is 0 Å². The highest BCUT2D eigenvalue weighted by Crippen LogP contribution is 2.45. The first-order valence-electron chi connectivity index (χ1n) is 11.2. The van der Waals surface area contributed by atoms with Crippen molar-refractivity contribution in [1.29, 1.82) is 0 Å². The maximum absolute atomic E-state index is 14.7. The highest BCUT2D eigenvalue weighted by Gasteiger charge is 2.60. The zero-order valence-corrected chi connectivity index (χ0v) is 19.2. The van der Waals surface area contributed by atoms with Crippen molar-refractivity contribution in [2.24, 2.45) is 0 Å². The van der Waals surface area contributed by atoms with E-state index in [1.807, 2.05) is 60.7 Å². The maximum Gasteiger partial charge on any atom is 0.253 e. The van der Waals surface area contributed by atoms with Crippen LogP contribution in [0.15, 0.2) is 78.9 Å². The van der Waals surface area contributed by atoms with Crippen LogP contribution < -0.4 is 4.90 Å². The Balaban J connectivity index is 1.41. The highest BCUT2D eigenvalue weighted by atomic mass is 35.5. The van der Waals surface area contributed by atoms with Crippen LogP contribution in [-0.4, -0.2) is 34.9 Å². The molecule has 1 saturated carbocycles. The van der Waals surface area contributed by atoms with Gasteiger partial charge in [-0.05, 0) is 29.3 Å². The molecule has 34 heavy (non-hydrogen) atoms. The van der Waals surface area contributed by atoms with Crippen LogP contribution in [0.25, 0.3) is 0 Å². The minimum Gasteiger partial charge on any atom is -0.373 e. The van der Waals surface area contributed by atoms with Crippen molar-refractivity contribution >= 4 is 29.1 Å². The van der Waals surface area contributed by atoms with Gasteiger partial charge in [0.15, 0.2) is 0 Å². The number of piperazine rings is 1. The van der Waals surface area contributed by atoms with E-state index >= 15 is 0 Å². The van der Waals surface area contributed by atoms with Crippen LogP contribution in [0.5, 0.6) is 0 Å². The van der Waals surface area contributed by atoms with Gasteiger partial charge in [0, 0.05) is 24.4 Å². The molecule has 0 radical (unpaired) electrons. The fourth-order valence-corrected chi connectivity index (χ4v) is 4.95. The second-order valence-electron chi connectivity index (χ2n) is 8.81. The third kappa shape index (κ3) is 4.19. The van der Waals surface area contributed by atoms with Crippen LogP contribution in [0.2, 0.25) is 5.02 Å². The summed E-state index contributed by atoms with van der Waals surface area (Å²) in [6, 6.07) is 23.5. The van der Waals surface area contributed by atoms with Crippen molar-refractivity contribution < 1.29 is 18.7 Å². The predicted molar refractivity (Wildman–Crippen MR) is 128 cm³/mol. The first-order valence-corrected chi connectivity index (χ1v) is 11.6. The molecule has 5 nitrogen and oxygen atoms in total. The number of hydrogen-bond donors (Lipinski definition) is 0. The van der Waals surface area contributed by atoms with Gasteiger partial charge in [0.05, 0.1) is 18.4 Å². The molecule has 7 heteroatoms. The Bertz CT molecular complexity index is 1200. The highest BCUT2D eigenvalue weighted by molar-refractivity contribution is 6.30. The molecule has 0 N–H and O–H groups in total. The van der Waals surface area contributed by atoms with Gasteiger partial charge in [-0.1, -0.05) is 72.3 Å². The Morgan fingerprint density at radius 3 is 2.24 bits per heavy atom. The maximum atomic E-state index is 14.7. The molecule has 2 amide bonds. The van der Waals surface area contributed by atoms with Gasteiger partial charge in [-0.25, -0.2) is 4.39 Å². The normalized spacial score (nSPS) is 22.2. The number of rotatable bonds is 6. The number of benzene rings is 3. The molecule has 174 valence electrons. The van der Waals surface area contributed by atoms with Crippen LogP contribution in [0.1, 0.15) is 24.0 Å². The van der Waals surface area contributed by atoms with Gasteiger partial charge < -0.3 is 9.64 Å².